The highest BCUT2D eigenvalue weighted by atomic mass is 32.1. The van der Waals surface area contributed by atoms with Gasteiger partial charge < -0.3 is 9.47 Å². The van der Waals surface area contributed by atoms with E-state index in [1.807, 2.05) is 11.3 Å². The summed E-state index contributed by atoms with van der Waals surface area (Å²) in [4.78, 5) is 6.89. The number of hydrogen-bond acceptors (Lipinski definition) is 5. The molecule has 0 N–H and O–H groups in total. The first-order chi connectivity index (χ1) is 11.8. The van der Waals surface area contributed by atoms with Gasteiger partial charge in [0.2, 0.25) is 0 Å². The van der Waals surface area contributed by atoms with E-state index in [4.69, 9.17) is 9.47 Å². The van der Waals surface area contributed by atoms with Crippen LogP contribution >= 0.6 is 11.3 Å². The number of ether oxygens (including phenoxy) is 2. The quantitative estimate of drug-likeness (QED) is 0.837. The van der Waals surface area contributed by atoms with Crippen LogP contribution in [0.1, 0.15) is 37.0 Å². The molecule has 0 aliphatic carbocycles. The maximum Gasteiger partial charge on any atom is 0.0741 e. The third-order valence-electron chi connectivity index (χ3n) is 5.97. The van der Waals surface area contributed by atoms with E-state index in [0.717, 1.165) is 39.2 Å². The molecule has 1 aromatic rings. The van der Waals surface area contributed by atoms with Gasteiger partial charge in [-0.3, -0.25) is 9.80 Å². The summed E-state index contributed by atoms with van der Waals surface area (Å²) in [6.45, 7) is 8.70. The molecule has 3 aliphatic heterocycles. The maximum absolute atomic E-state index is 6.23. The number of hydrogen-bond donors (Lipinski definition) is 0. The van der Waals surface area contributed by atoms with Crippen molar-refractivity contribution >= 4 is 11.3 Å². The Morgan fingerprint density at radius 2 is 2.04 bits per heavy atom. The van der Waals surface area contributed by atoms with Gasteiger partial charge in [-0.15, -0.1) is 11.3 Å². The van der Waals surface area contributed by atoms with Gasteiger partial charge in [-0.05, 0) is 56.6 Å². The lowest BCUT2D eigenvalue weighted by atomic mass is 9.83. The van der Waals surface area contributed by atoms with Crippen molar-refractivity contribution in [2.24, 2.45) is 0 Å². The van der Waals surface area contributed by atoms with Crippen molar-refractivity contribution in [2.75, 3.05) is 46.0 Å². The third-order valence-corrected chi connectivity index (χ3v) is 6.83. The molecule has 0 radical (unpaired) electrons. The van der Waals surface area contributed by atoms with Crippen LogP contribution in [0.3, 0.4) is 0 Å². The van der Waals surface area contributed by atoms with Crippen LogP contribution in [0.4, 0.5) is 0 Å². The minimum Gasteiger partial charge on any atom is -0.381 e. The summed E-state index contributed by atoms with van der Waals surface area (Å²) in [5.74, 6) is 0. The first kappa shape index (κ1) is 17.0. The van der Waals surface area contributed by atoms with E-state index in [1.54, 1.807) is 0 Å². The van der Waals surface area contributed by atoms with Crippen LogP contribution in [0.15, 0.2) is 17.5 Å². The van der Waals surface area contributed by atoms with Crippen molar-refractivity contribution in [3.63, 3.8) is 0 Å². The van der Waals surface area contributed by atoms with E-state index >= 15 is 0 Å². The molecule has 1 spiro atoms. The highest BCUT2D eigenvalue weighted by Gasteiger charge is 2.40. The lowest BCUT2D eigenvalue weighted by molar-refractivity contribution is -0.151. The van der Waals surface area contributed by atoms with E-state index in [9.17, 15) is 0 Å². The Hall–Kier alpha value is -0.460. The van der Waals surface area contributed by atoms with Crippen LogP contribution in [0.2, 0.25) is 0 Å². The van der Waals surface area contributed by atoms with Crippen molar-refractivity contribution in [1.82, 2.24) is 9.80 Å². The fraction of sp³-hybridized carbons (Fsp3) is 0.789. The van der Waals surface area contributed by atoms with Crippen LogP contribution in [0.25, 0.3) is 0 Å². The Balaban J connectivity index is 1.33. The molecule has 3 aliphatic rings. The highest BCUT2D eigenvalue weighted by Crippen LogP contribution is 2.36. The first-order valence-corrected chi connectivity index (χ1v) is 10.4. The van der Waals surface area contributed by atoms with Crippen molar-refractivity contribution in [2.45, 2.75) is 50.3 Å². The molecule has 4 nitrogen and oxygen atoms in total. The smallest absolute Gasteiger partial charge is 0.0741 e. The summed E-state index contributed by atoms with van der Waals surface area (Å²) in [5, 5.41) is 2.19. The predicted molar refractivity (Wildman–Crippen MR) is 97.5 cm³/mol. The van der Waals surface area contributed by atoms with Gasteiger partial charge in [0, 0.05) is 50.4 Å². The molecule has 4 rings (SSSR count). The van der Waals surface area contributed by atoms with Gasteiger partial charge in [-0.25, -0.2) is 0 Å². The van der Waals surface area contributed by atoms with Crippen molar-refractivity contribution in [3.8, 4) is 0 Å². The van der Waals surface area contributed by atoms with Crippen LogP contribution < -0.4 is 0 Å². The van der Waals surface area contributed by atoms with Gasteiger partial charge in [0.25, 0.3) is 0 Å². The minimum absolute atomic E-state index is 0.115. The van der Waals surface area contributed by atoms with Gasteiger partial charge in [0.15, 0.2) is 0 Å². The molecular formula is C19H30N2O2S. The second-order valence-electron chi connectivity index (χ2n) is 7.54. The van der Waals surface area contributed by atoms with E-state index in [0.29, 0.717) is 6.04 Å². The van der Waals surface area contributed by atoms with Crippen LogP contribution in [0, 0.1) is 0 Å². The van der Waals surface area contributed by atoms with Crippen molar-refractivity contribution in [1.29, 1.82) is 0 Å². The molecule has 0 aromatic carbocycles. The van der Waals surface area contributed by atoms with E-state index < -0.39 is 0 Å². The fourth-order valence-corrected chi connectivity index (χ4v) is 5.29. The molecular weight excluding hydrogens is 320 g/mol. The van der Waals surface area contributed by atoms with Gasteiger partial charge in [-0.1, -0.05) is 6.07 Å². The van der Waals surface area contributed by atoms with Crippen LogP contribution in [-0.4, -0.2) is 67.4 Å². The van der Waals surface area contributed by atoms with E-state index in [-0.39, 0.29) is 5.60 Å². The molecule has 0 saturated carbocycles. The average molecular weight is 351 g/mol. The molecule has 5 heteroatoms. The predicted octanol–water partition coefficient (Wildman–Crippen LogP) is 2.98. The molecule has 1 aromatic heterocycles. The topological polar surface area (TPSA) is 24.9 Å². The van der Waals surface area contributed by atoms with Gasteiger partial charge in [0.1, 0.15) is 0 Å². The maximum atomic E-state index is 6.23. The summed E-state index contributed by atoms with van der Waals surface area (Å²) in [6.07, 6.45) is 5.87. The van der Waals surface area contributed by atoms with Crippen molar-refractivity contribution in [3.05, 3.63) is 22.4 Å². The zero-order valence-electron chi connectivity index (χ0n) is 14.6. The number of nitrogens with zero attached hydrogens (tertiary/aromatic N) is 2. The molecule has 0 bridgehead atoms. The van der Waals surface area contributed by atoms with Crippen LogP contribution in [-0.2, 0) is 16.0 Å². The molecule has 0 unspecified atom stereocenters. The zero-order chi connectivity index (χ0) is 16.2. The number of thiophene rings is 1. The summed E-state index contributed by atoms with van der Waals surface area (Å²) in [5.41, 5.74) is 0.115. The van der Waals surface area contributed by atoms with Gasteiger partial charge >= 0.3 is 0 Å². The normalized spacial score (nSPS) is 29.6. The molecule has 134 valence electrons. The summed E-state index contributed by atoms with van der Waals surface area (Å²) >= 11 is 1.88. The third kappa shape index (κ3) is 4.02. The Bertz CT molecular complexity index is 496. The summed E-state index contributed by atoms with van der Waals surface area (Å²) in [6, 6.07) is 5.14. The lowest BCUT2D eigenvalue weighted by Gasteiger charge is -2.46. The largest absolute Gasteiger partial charge is 0.381 e. The van der Waals surface area contributed by atoms with Gasteiger partial charge in [-0.2, -0.15) is 0 Å². The van der Waals surface area contributed by atoms with Gasteiger partial charge in [0.05, 0.1) is 5.60 Å². The monoisotopic (exact) mass is 350 g/mol. The molecule has 1 atom stereocenters. The summed E-state index contributed by atoms with van der Waals surface area (Å²) in [7, 11) is 0. The molecule has 3 fully saturated rings. The lowest BCUT2D eigenvalue weighted by Crippen LogP contribution is -2.51. The standard InChI is InChI=1S/C19H30N2O2S/c1-3-18(24-14-1)16-20-7-2-8-21(10-9-20)17-4-11-23-19(15-17)5-12-22-13-6-19/h1,3,14,17H,2,4-13,15-16H2/t17-/m0/s1. The Morgan fingerprint density at radius 3 is 2.88 bits per heavy atom. The number of rotatable bonds is 3. The highest BCUT2D eigenvalue weighted by molar-refractivity contribution is 7.09. The summed E-state index contributed by atoms with van der Waals surface area (Å²) < 4.78 is 11.8. The molecule has 0 amide bonds. The fourth-order valence-electron chi connectivity index (χ4n) is 4.54. The average Bonchev–Trinajstić information content (AvgIpc) is 3.00. The van der Waals surface area contributed by atoms with Crippen LogP contribution in [0.5, 0.6) is 0 Å². The van der Waals surface area contributed by atoms with Crippen molar-refractivity contribution < 1.29 is 9.47 Å². The molecule has 4 heterocycles. The second kappa shape index (κ2) is 7.83. The Morgan fingerprint density at radius 1 is 1.12 bits per heavy atom. The second-order valence-corrected chi connectivity index (χ2v) is 8.57. The van der Waals surface area contributed by atoms with E-state index in [1.165, 1.54) is 50.3 Å². The zero-order valence-corrected chi connectivity index (χ0v) is 15.4. The minimum atomic E-state index is 0.115. The molecule has 3 saturated heterocycles. The van der Waals surface area contributed by atoms with E-state index in [2.05, 4.69) is 27.3 Å². The Kier molecular flexibility index (Phi) is 5.54. The SMILES string of the molecule is c1csc(CN2CCCN([C@H]3CCOC4(CCOCC4)C3)CC2)c1. The molecule has 24 heavy (non-hydrogen) atoms. The Labute approximate surface area is 149 Å². The first-order valence-electron chi connectivity index (χ1n) is 9.54.